The smallest absolute Gasteiger partial charge is 0.314 e. The van der Waals surface area contributed by atoms with Crippen LogP contribution in [-0.4, -0.2) is 16.9 Å². The largest absolute Gasteiger partial charge is 0.481 e. The molecule has 0 aromatic heterocycles. The summed E-state index contributed by atoms with van der Waals surface area (Å²) in [4.78, 5) is 22.9. The molecule has 3 nitrogen and oxygen atoms in total. The summed E-state index contributed by atoms with van der Waals surface area (Å²) in [5.41, 5.74) is 0. The van der Waals surface area contributed by atoms with Gasteiger partial charge in [0, 0.05) is 6.42 Å². The van der Waals surface area contributed by atoms with E-state index in [1.807, 2.05) is 0 Å². The van der Waals surface area contributed by atoms with Crippen LogP contribution < -0.4 is 0 Å². The molecule has 0 aromatic carbocycles. The predicted molar refractivity (Wildman–Crippen MR) is 64.5 cm³/mol. The van der Waals surface area contributed by atoms with Crippen molar-refractivity contribution < 1.29 is 14.7 Å². The number of hydrogen-bond acceptors (Lipinski definition) is 2. The maximum atomic E-state index is 11.7. The number of fused-ring (bicyclic) bond motifs is 1. The molecule has 0 spiro atoms. The summed E-state index contributed by atoms with van der Waals surface area (Å²) in [6.07, 6.45) is 4.53. The van der Waals surface area contributed by atoms with Crippen LogP contribution in [0.5, 0.6) is 0 Å². The summed E-state index contributed by atoms with van der Waals surface area (Å²) in [5.74, 6) is 0.339. The van der Waals surface area contributed by atoms with Crippen molar-refractivity contribution in [2.45, 2.75) is 46.0 Å². The van der Waals surface area contributed by atoms with Crippen LogP contribution in [0.4, 0.5) is 0 Å². The van der Waals surface area contributed by atoms with E-state index in [1.165, 1.54) is 0 Å². The lowest BCUT2D eigenvalue weighted by molar-refractivity contribution is -0.153. The van der Waals surface area contributed by atoms with Crippen LogP contribution in [0.2, 0.25) is 0 Å². The molecule has 96 valence electrons. The SMILES string of the molecule is CC(C)C1CCC2C(CCC(=O)C2C(=O)O)C1. The first-order valence-corrected chi connectivity index (χ1v) is 6.76. The highest BCUT2D eigenvalue weighted by atomic mass is 16.4. The van der Waals surface area contributed by atoms with Gasteiger partial charge in [0.2, 0.25) is 0 Å². The van der Waals surface area contributed by atoms with E-state index in [1.54, 1.807) is 0 Å². The molecular weight excluding hydrogens is 216 g/mol. The molecule has 2 fully saturated rings. The number of carboxylic acids is 1. The van der Waals surface area contributed by atoms with E-state index in [4.69, 9.17) is 0 Å². The second-order valence-electron chi connectivity index (χ2n) is 6.06. The number of carbonyl (C=O) groups excluding carboxylic acids is 1. The van der Waals surface area contributed by atoms with E-state index in [-0.39, 0.29) is 11.7 Å². The Balaban J connectivity index is 2.10. The van der Waals surface area contributed by atoms with Gasteiger partial charge in [-0.25, -0.2) is 0 Å². The molecule has 1 N–H and O–H groups in total. The molecule has 0 bridgehead atoms. The van der Waals surface area contributed by atoms with Crippen molar-refractivity contribution >= 4 is 11.8 Å². The van der Waals surface area contributed by atoms with Crippen molar-refractivity contribution in [1.29, 1.82) is 0 Å². The van der Waals surface area contributed by atoms with Crippen LogP contribution in [0.1, 0.15) is 46.0 Å². The molecule has 2 aliphatic carbocycles. The van der Waals surface area contributed by atoms with E-state index in [2.05, 4.69) is 13.8 Å². The summed E-state index contributed by atoms with van der Waals surface area (Å²) >= 11 is 0. The van der Waals surface area contributed by atoms with Crippen LogP contribution in [0.25, 0.3) is 0 Å². The number of aliphatic carboxylic acids is 1. The first-order valence-electron chi connectivity index (χ1n) is 6.76. The van der Waals surface area contributed by atoms with Crippen molar-refractivity contribution in [1.82, 2.24) is 0 Å². The molecule has 17 heavy (non-hydrogen) atoms. The maximum Gasteiger partial charge on any atom is 0.314 e. The van der Waals surface area contributed by atoms with Gasteiger partial charge in [-0.2, -0.15) is 0 Å². The number of Topliss-reactive ketones (excluding diaryl/α,β-unsaturated/α-hetero) is 1. The van der Waals surface area contributed by atoms with Crippen molar-refractivity contribution in [2.75, 3.05) is 0 Å². The van der Waals surface area contributed by atoms with Gasteiger partial charge in [-0.15, -0.1) is 0 Å². The van der Waals surface area contributed by atoms with Crippen LogP contribution in [-0.2, 0) is 9.59 Å². The molecular formula is C14H22O3. The number of hydrogen-bond donors (Lipinski definition) is 1. The Kier molecular flexibility index (Phi) is 3.55. The monoisotopic (exact) mass is 238 g/mol. The van der Waals surface area contributed by atoms with Gasteiger partial charge < -0.3 is 5.11 Å². The highest BCUT2D eigenvalue weighted by Gasteiger charge is 2.45. The second kappa shape index (κ2) is 4.79. The Labute approximate surface area is 103 Å². The topological polar surface area (TPSA) is 54.4 Å². The third-order valence-electron chi connectivity index (χ3n) is 4.83. The van der Waals surface area contributed by atoms with Crippen LogP contribution in [0.15, 0.2) is 0 Å². The molecule has 0 heterocycles. The van der Waals surface area contributed by atoms with Gasteiger partial charge in [0.1, 0.15) is 11.7 Å². The van der Waals surface area contributed by atoms with Gasteiger partial charge in [-0.05, 0) is 49.4 Å². The standard InChI is InChI=1S/C14H22O3/c1-8(2)9-3-5-11-10(7-9)4-6-12(15)13(11)14(16)17/h8-11,13H,3-7H2,1-2H3,(H,16,17). The minimum absolute atomic E-state index is 0.0400. The van der Waals surface area contributed by atoms with Crippen molar-refractivity contribution in [3.8, 4) is 0 Å². The molecule has 2 aliphatic rings. The molecule has 0 aliphatic heterocycles. The molecule has 0 amide bonds. The maximum absolute atomic E-state index is 11.7. The quantitative estimate of drug-likeness (QED) is 0.752. The van der Waals surface area contributed by atoms with E-state index in [0.717, 1.165) is 31.6 Å². The molecule has 0 aromatic rings. The fourth-order valence-electron chi connectivity index (χ4n) is 3.74. The lowest BCUT2D eigenvalue weighted by atomic mass is 9.61. The summed E-state index contributed by atoms with van der Waals surface area (Å²) in [6, 6.07) is 0. The first-order chi connectivity index (χ1) is 8.00. The van der Waals surface area contributed by atoms with Crippen LogP contribution >= 0.6 is 0 Å². The molecule has 2 rings (SSSR count). The van der Waals surface area contributed by atoms with Gasteiger partial charge in [0.25, 0.3) is 0 Å². The zero-order chi connectivity index (χ0) is 12.6. The zero-order valence-corrected chi connectivity index (χ0v) is 10.7. The van der Waals surface area contributed by atoms with Crippen LogP contribution in [0, 0.1) is 29.6 Å². The Bertz CT molecular complexity index is 321. The second-order valence-corrected chi connectivity index (χ2v) is 6.06. The summed E-state index contributed by atoms with van der Waals surface area (Å²) in [5, 5.41) is 9.20. The number of ketones is 1. The van der Waals surface area contributed by atoms with Gasteiger partial charge in [-0.1, -0.05) is 13.8 Å². The minimum atomic E-state index is -0.896. The number of carboxylic acid groups (broad SMARTS) is 1. The molecule has 0 saturated heterocycles. The molecule has 0 radical (unpaired) electrons. The normalized spacial score (nSPS) is 37.9. The Morgan fingerprint density at radius 2 is 2.00 bits per heavy atom. The van der Waals surface area contributed by atoms with Crippen molar-refractivity contribution in [3.63, 3.8) is 0 Å². The van der Waals surface area contributed by atoms with Gasteiger partial charge >= 0.3 is 5.97 Å². The summed E-state index contributed by atoms with van der Waals surface area (Å²) in [7, 11) is 0. The van der Waals surface area contributed by atoms with E-state index in [9.17, 15) is 14.7 Å². The lowest BCUT2D eigenvalue weighted by Gasteiger charge is -2.42. The number of rotatable bonds is 2. The Hall–Kier alpha value is -0.860. The molecule has 3 heteroatoms. The van der Waals surface area contributed by atoms with E-state index < -0.39 is 11.9 Å². The van der Waals surface area contributed by atoms with Gasteiger partial charge in [0.05, 0.1) is 0 Å². The highest BCUT2D eigenvalue weighted by Crippen LogP contribution is 2.46. The summed E-state index contributed by atoms with van der Waals surface area (Å²) < 4.78 is 0. The van der Waals surface area contributed by atoms with E-state index in [0.29, 0.717) is 18.3 Å². The fraction of sp³-hybridized carbons (Fsp3) is 0.857. The minimum Gasteiger partial charge on any atom is -0.481 e. The average molecular weight is 238 g/mol. The summed E-state index contributed by atoms with van der Waals surface area (Å²) in [6.45, 7) is 4.49. The Morgan fingerprint density at radius 3 is 2.59 bits per heavy atom. The molecule has 2 saturated carbocycles. The van der Waals surface area contributed by atoms with Crippen molar-refractivity contribution in [3.05, 3.63) is 0 Å². The van der Waals surface area contributed by atoms with E-state index >= 15 is 0 Å². The first kappa shape index (κ1) is 12.6. The van der Waals surface area contributed by atoms with Gasteiger partial charge in [-0.3, -0.25) is 9.59 Å². The third-order valence-corrected chi connectivity index (χ3v) is 4.83. The van der Waals surface area contributed by atoms with Crippen LogP contribution in [0.3, 0.4) is 0 Å². The highest BCUT2D eigenvalue weighted by molar-refractivity contribution is 5.99. The molecule has 4 unspecified atom stereocenters. The predicted octanol–water partition coefficient (Wildman–Crippen LogP) is 2.74. The Morgan fingerprint density at radius 1 is 1.29 bits per heavy atom. The lowest BCUT2D eigenvalue weighted by Crippen LogP contribution is -2.43. The van der Waals surface area contributed by atoms with Crippen molar-refractivity contribution in [2.24, 2.45) is 29.6 Å². The third kappa shape index (κ3) is 2.38. The van der Waals surface area contributed by atoms with Gasteiger partial charge in [0.15, 0.2) is 0 Å². The average Bonchev–Trinajstić information content (AvgIpc) is 2.27. The number of carbonyl (C=O) groups is 2. The molecule has 4 atom stereocenters. The fourth-order valence-corrected chi connectivity index (χ4v) is 3.74. The zero-order valence-electron chi connectivity index (χ0n) is 10.7.